The van der Waals surface area contributed by atoms with Crippen LogP contribution in [0, 0.1) is 0 Å². The lowest BCUT2D eigenvalue weighted by Gasteiger charge is -2.27. The number of quaternary nitrogens is 1. The molecule has 10 heteroatoms. The number of hydrogen-bond acceptors (Lipinski definition) is 6. The van der Waals surface area contributed by atoms with Crippen molar-refractivity contribution in [2.75, 3.05) is 40.9 Å². The molecular formula is C70H138N2O7P+. The molecule has 0 aromatic rings. The molecule has 474 valence electrons. The number of phosphoric acid groups is 1. The van der Waals surface area contributed by atoms with Gasteiger partial charge in [-0.2, -0.15) is 0 Å². The van der Waals surface area contributed by atoms with Crippen molar-refractivity contribution in [2.45, 2.75) is 373 Å². The molecule has 3 unspecified atom stereocenters. The highest BCUT2D eigenvalue weighted by molar-refractivity contribution is 7.47. The lowest BCUT2D eigenvalue weighted by molar-refractivity contribution is -0.870. The summed E-state index contributed by atoms with van der Waals surface area (Å²) < 4.78 is 30.8. The van der Waals surface area contributed by atoms with E-state index in [1.54, 1.807) is 0 Å². The molecule has 0 heterocycles. The van der Waals surface area contributed by atoms with Gasteiger partial charge in [-0.3, -0.25) is 18.6 Å². The van der Waals surface area contributed by atoms with E-state index < -0.39 is 20.0 Å². The zero-order valence-electron chi connectivity index (χ0n) is 54.4. The van der Waals surface area contributed by atoms with Crippen LogP contribution in [0.25, 0.3) is 0 Å². The Morgan fingerprint density at radius 2 is 0.725 bits per heavy atom. The average molecular weight is 1150 g/mol. The average Bonchev–Trinajstić information content (AvgIpc) is 3.42. The van der Waals surface area contributed by atoms with Crippen LogP contribution in [-0.2, 0) is 27.9 Å². The van der Waals surface area contributed by atoms with Crippen molar-refractivity contribution < 1.29 is 37.3 Å². The van der Waals surface area contributed by atoms with Crippen LogP contribution in [-0.4, -0.2) is 74.3 Å². The van der Waals surface area contributed by atoms with Crippen molar-refractivity contribution in [2.24, 2.45) is 0 Å². The van der Waals surface area contributed by atoms with E-state index in [1.165, 1.54) is 270 Å². The van der Waals surface area contributed by atoms with Crippen LogP contribution >= 0.6 is 7.82 Å². The first-order valence-corrected chi connectivity index (χ1v) is 36.7. The summed E-state index contributed by atoms with van der Waals surface area (Å²) in [4.78, 5) is 37.8. The van der Waals surface area contributed by atoms with E-state index in [2.05, 4.69) is 44.3 Å². The van der Waals surface area contributed by atoms with E-state index in [-0.39, 0.29) is 25.1 Å². The minimum absolute atomic E-state index is 0.0448. The Morgan fingerprint density at radius 3 is 1.06 bits per heavy atom. The smallest absolute Gasteiger partial charge is 0.456 e. The second kappa shape index (κ2) is 60.6. The normalized spacial score (nSPS) is 13.6. The van der Waals surface area contributed by atoms with Crippen LogP contribution < -0.4 is 5.32 Å². The predicted molar refractivity (Wildman–Crippen MR) is 346 cm³/mol. The summed E-state index contributed by atoms with van der Waals surface area (Å²) in [6.45, 7) is 7.07. The number of likely N-dealkylation sites (N-methyl/N-ethyl adjacent to an activating group) is 1. The Balaban J connectivity index is 4.98. The highest BCUT2D eigenvalue weighted by Crippen LogP contribution is 2.43. The number of nitrogens with one attached hydrogen (secondary N) is 1. The number of amides is 1. The minimum atomic E-state index is -4.44. The Morgan fingerprint density at radius 1 is 0.425 bits per heavy atom. The van der Waals surface area contributed by atoms with E-state index in [4.69, 9.17) is 13.8 Å². The molecule has 0 aromatic heterocycles. The highest BCUT2D eigenvalue weighted by Gasteiger charge is 2.30. The van der Waals surface area contributed by atoms with E-state index in [9.17, 15) is 19.0 Å². The van der Waals surface area contributed by atoms with Gasteiger partial charge in [0.15, 0.2) is 0 Å². The van der Waals surface area contributed by atoms with E-state index in [0.717, 1.165) is 57.8 Å². The van der Waals surface area contributed by atoms with Gasteiger partial charge in [0.2, 0.25) is 5.91 Å². The van der Waals surface area contributed by atoms with E-state index in [1.807, 2.05) is 27.2 Å². The summed E-state index contributed by atoms with van der Waals surface area (Å²) in [7, 11) is 1.52. The van der Waals surface area contributed by atoms with Crippen molar-refractivity contribution in [3.05, 3.63) is 24.3 Å². The first-order valence-electron chi connectivity index (χ1n) is 35.2. The topological polar surface area (TPSA) is 111 Å². The first kappa shape index (κ1) is 78.5. The molecular weight excluding hydrogens is 1010 g/mol. The molecule has 0 radical (unpaired) electrons. The quantitative estimate of drug-likeness (QED) is 0.0205. The summed E-state index contributed by atoms with van der Waals surface area (Å²) in [5.74, 6) is -0.482. The molecule has 3 atom stereocenters. The van der Waals surface area contributed by atoms with Crippen LogP contribution in [0.1, 0.15) is 361 Å². The molecule has 0 aliphatic heterocycles. The lowest BCUT2D eigenvalue weighted by Crippen LogP contribution is -2.47. The SMILES string of the molecule is CCCCCCCC/C=C/CCCCCCCCCCCCCCCCCCCC(=O)OC(/C=C\CCCCCCCCCCCCC)C(COP(=O)(O)OCC[N+](C)(C)C)NC(=O)CCCCCCCCCCCCCCCC. The molecule has 0 aliphatic rings. The van der Waals surface area contributed by atoms with Crippen molar-refractivity contribution in [3.8, 4) is 0 Å². The minimum Gasteiger partial charge on any atom is -0.456 e. The standard InChI is InChI=1S/C70H137N2O7P/c1-7-10-13-16-19-22-25-28-30-31-32-33-34-35-36-37-38-39-40-41-42-45-48-51-54-57-60-63-70(74)79-68(61-58-55-52-49-46-43-27-24-21-18-15-12-9-3)67(66-78-80(75,76)77-65-64-72(4,5)6)71-69(73)62-59-56-53-50-47-44-29-26-23-20-17-14-11-8-2/h28,30,58,61,67-68H,7-27,29,31-57,59-60,62-66H2,1-6H3,(H-,71,73,75,76)/p+1/b30-28+,61-58-. The zero-order chi connectivity index (χ0) is 58.6. The number of carbonyl (C=O) groups is 2. The molecule has 80 heavy (non-hydrogen) atoms. The maximum Gasteiger partial charge on any atom is 0.472 e. The Bertz CT molecular complexity index is 1420. The number of esters is 1. The van der Waals surface area contributed by atoms with Gasteiger partial charge in [-0.25, -0.2) is 4.57 Å². The third-order valence-corrected chi connectivity index (χ3v) is 17.1. The van der Waals surface area contributed by atoms with Crippen molar-refractivity contribution in [3.63, 3.8) is 0 Å². The molecule has 0 aromatic carbocycles. The molecule has 0 saturated heterocycles. The largest absolute Gasteiger partial charge is 0.472 e. The third kappa shape index (κ3) is 61.1. The Kier molecular flexibility index (Phi) is 59.5. The zero-order valence-corrected chi connectivity index (χ0v) is 55.2. The molecule has 0 aliphatic carbocycles. The van der Waals surface area contributed by atoms with Gasteiger partial charge in [-0.1, -0.05) is 315 Å². The Hall–Kier alpha value is -1.51. The maximum atomic E-state index is 13.6. The Labute approximate surface area is 498 Å². The van der Waals surface area contributed by atoms with Crippen molar-refractivity contribution in [1.29, 1.82) is 0 Å². The van der Waals surface area contributed by atoms with Crippen LogP contribution in [0.2, 0.25) is 0 Å². The fraction of sp³-hybridized carbons (Fsp3) is 0.914. The van der Waals surface area contributed by atoms with Gasteiger partial charge in [0.05, 0.1) is 33.8 Å². The van der Waals surface area contributed by atoms with Crippen LogP contribution in [0.4, 0.5) is 0 Å². The number of unbranched alkanes of at least 4 members (excludes halogenated alkanes) is 47. The summed E-state index contributed by atoms with van der Waals surface area (Å²) >= 11 is 0. The molecule has 0 saturated carbocycles. The summed E-state index contributed by atoms with van der Waals surface area (Å²) in [5, 5.41) is 3.07. The number of rotatable bonds is 65. The molecule has 0 spiro atoms. The molecule has 0 fully saturated rings. The van der Waals surface area contributed by atoms with Gasteiger partial charge >= 0.3 is 13.8 Å². The van der Waals surface area contributed by atoms with Crippen molar-refractivity contribution >= 4 is 19.7 Å². The molecule has 2 N–H and O–H groups in total. The van der Waals surface area contributed by atoms with Gasteiger partial charge < -0.3 is 19.4 Å². The monoisotopic (exact) mass is 1150 g/mol. The third-order valence-electron chi connectivity index (χ3n) is 16.1. The second-order valence-electron chi connectivity index (χ2n) is 25.4. The number of nitrogens with zero attached hydrogens (tertiary/aromatic N) is 1. The van der Waals surface area contributed by atoms with Gasteiger partial charge in [-0.15, -0.1) is 0 Å². The van der Waals surface area contributed by atoms with Gasteiger partial charge in [0, 0.05) is 12.8 Å². The number of ether oxygens (including phenoxy) is 1. The van der Waals surface area contributed by atoms with Crippen molar-refractivity contribution in [1.82, 2.24) is 5.32 Å². The lowest BCUT2D eigenvalue weighted by atomic mass is 10.0. The molecule has 0 bridgehead atoms. The number of allylic oxidation sites excluding steroid dienone is 3. The van der Waals surface area contributed by atoms with Gasteiger partial charge in [0.1, 0.15) is 19.3 Å². The van der Waals surface area contributed by atoms with Gasteiger partial charge in [-0.05, 0) is 57.4 Å². The predicted octanol–water partition coefficient (Wildman–Crippen LogP) is 22.1. The van der Waals surface area contributed by atoms with Crippen LogP contribution in [0.5, 0.6) is 0 Å². The molecule has 9 nitrogen and oxygen atoms in total. The number of hydrogen-bond donors (Lipinski definition) is 2. The fourth-order valence-corrected chi connectivity index (χ4v) is 11.4. The maximum absolute atomic E-state index is 13.6. The number of phosphoric ester groups is 1. The first-order chi connectivity index (χ1) is 38.9. The molecule has 0 rings (SSSR count). The van der Waals surface area contributed by atoms with Crippen LogP contribution in [0.15, 0.2) is 24.3 Å². The number of carbonyl (C=O) groups excluding carboxylic acids is 2. The summed E-state index contributed by atoms with van der Waals surface area (Å²) in [6, 6.07) is -0.842. The van der Waals surface area contributed by atoms with E-state index in [0.29, 0.717) is 23.9 Å². The fourth-order valence-electron chi connectivity index (χ4n) is 10.7. The molecule has 1 amide bonds. The highest BCUT2D eigenvalue weighted by atomic mass is 31.2. The van der Waals surface area contributed by atoms with Crippen LogP contribution in [0.3, 0.4) is 0 Å². The van der Waals surface area contributed by atoms with E-state index >= 15 is 0 Å². The summed E-state index contributed by atoms with van der Waals surface area (Å²) in [6.07, 6.45) is 73.3. The summed E-state index contributed by atoms with van der Waals surface area (Å²) in [5.41, 5.74) is 0. The second-order valence-corrected chi connectivity index (χ2v) is 26.9. The van der Waals surface area contributed by atoms with Gasteiger partial charge in [0.25, 0.3) is 0 Å².